The van der Waals surface area contributed by atoms with Crippen LogP contribution in [0.4, 0.5) is 18.9 Å². The van der Waals surface area contributed by atoms with E-state index < -0.39 is 17.6 Å². The van der Waals surface area contributed by atoms with E-state index in [9.17, 15) is 18.0 Å². The summed E-state index contributed by atoms with van der Waals surface area (Å²) in [5, 5.41) is 5.49. The molecule has 44 heavy (non-hydrogen) atoms. The highest BCUT2D eigenvalue weighted by Gasteiger charge is 2.32. The van der Waals surface area contributed by atoms with Crippen molar-refractivity contribution in [2.24, 2.45) is 0 Å². The Morgan fingerprint density at radius 2 is 1.89 bits per heavy atom. The first-order valence-corrected chi connectivity index (χ1v) is 14.0. The number of ether oxygens (including phenoxy) is 3. The van der Waals surface area contributed by atoms with Crippen LogP contribution in [0.2, 0.25) is 0 Å². The molecule has 0 N–H and O–H groups in total. The van der Waals surface area contributed by atoms with E-state index in [-0.39, 0.29) is 12.2 Å². The topological polar surface area (TPSA) is 91.3 Å². The van der Waals surface area contributed by atoms with Gasteiger partial charge in [0.25, 0.3) is 11.1 Å². The first-order chi connectivity index (χ1) is 21.0. The van der Waals surface area contributed by atoms with Crippen molar-refractivity contribution in [1.29, 1.82) is 0 Å². The fraction of sp³-hybridized carbons (Fsp3) is 0.194. The molecule has 0 saturated carbocycles. The van der Waals surface area contributed by atoms with Gasteiger partial charge in [-0.1, -0.05) is 12.1 Å². The van der Waals surface area contributed by atoms with Crippen molar-refractivity contribution >= 4 is 38.9 Å². The number of hydrogen-bond acceptors (Lipinski definition) is 8. The van der Waals surface area contributed by atoms with E-state index >= 15 is 0 Å². The summed E-state index contributed by atoms with van der Waals surface area (Å²) in [6.07, 6.45) is -2.81. The lowest BCUT2D eigenvalue weighted by Crippen LogP contribution is -2.26. The highest BCUT2D eigenvalue weighted by Crippen LogP contribution is 2.38. The van der Waals surface area contributed by atoms with E-state index in [0.717, 1.165) is 17.7 Å². The number of aromatic nitrogens is 3. The van der Waals surface area contributed by atoms with E-state index in [4.69, 9.17) is 18.6 Å². The number of benzene rings is 3. The zero-order valence-corrected chi connectivity index (χ0v) is 24.7. The number of aryl methyl sites for hydroxylation is 1. The van der Waals surface area contributed by atoms with E-state index in [2.05, 4.69) is 10.1 Å². The summed E-state index contributed by atoms with van der Waals surface area (Å²) in [6, 6.07) is 15.7. The number of anilines is 1. The van der Waals surface area contributed by atoms with Crippen LogP contribution in [-0.4, -0.2) is 41.8 Å². The maximum absolute atomic E-state index is 13.3. The molecule has 9 nitrogen and oxygen atoms in total. The van der Waals surface area contributed by atoms with E-state index in [1.165, 1.54) is 36.3 Å². The van der Waals surface area contributed by atoms with Gasteiger partial charge in [-0.2, -0.15) is 13.2 Å². The number of halogens is 3. The van der Waals surface area contributed by atoms with Crippen LogP contribution in [0.1, 0.15) is 27.0 Å². The number of fused-ring (bicyclic) bond motifs is 2. The quantitative estimate of drug-likeness (QED) is 0.175. The van der Waals surface area contributed by atoms with Gasteiger partial charge in [0.2, 0.25) is 4.96 Å². The fourth-order valence-corrected chi connectivity index (χ4v) is 5.43. The molecule has 6 rings (SSSR count). The van der Waals surface area contributed by atoms with E-state index in [0.29, 0.717) is 55.3 Å². The number of imidazole rings is 1. The molecule has 0 saturated heterocycles. The number of amides is 1. The van der Waals surface area contributed by atoms with E-state index in [1.807, 2.05) is 12.1 Å². The summed E-state index contributed by atoms with van der Waals surface area (Å²) in [4.78, 5) is 19.7. The molecule has 0 atom stereocenters. The molecule has 0 spiro atoms. The summed E-state index contributed by atoms with van der Waals surface area (Å²) < 4.78 is 64.5. The molecule has 0 radical (unpaired) electrons. The number of hydrogen-bond donors (Lipinski definition) is 0. The highest BCUT2D eigenvalue weighted by molar-refractivity contribution is 7.18. The first kappa shape index (κ1) is 29.1. The minimum Gasteiger partial charge on any atom is -0.496 e. The van der Waals surface area contributed by atoms with Crippen LogP contribution in [0.3, 0.4) is 0 Å². The smallest absolute Gasteiger partial charge is 0.416 e. The number of carbonyl (C=O) groups is 1. The molecule has 1 amide bonds. The molecule has 226 valence electrons. The molecule has 3 aromatic carbocycles. The van der Waals surface area contributed by atoms with Gasteiger partial charge in [-0.05, 0) is 65.8 Å². The van der Waals surface area contributed by atoms with Crippen LogP contribution < -0.4 is 19.1 Å². The van der Waals surface area contributed by atoms with Crippen molar-refractivity contribution in [1.82, 2.24) is 14.6 Å². The summed E-state index contributed by atoms with van der Waals surface area (Å²) in [5.74, 6) is 0.984. The Morgan fingerprint density at radius 3 is 2.61 bits per heavy atom. The van der Waals surface area contributed by atoms with Crippen LogP contribution in [0, 0.1) is 6.92 Å². The third-order valence-electron chi connectivity index (χ3n) is 6.91. The monoisotopic (exact) mass is 622 g/mol. The molecule has 0 bridgehead atoms. The maximum Gasteiger partial charge on any atom is 0.416 e. The largest absolute Gasteiger partial charge is 0.496 e. The Bertz CT molecular complexity index is 1980. The molecule has 6 aromatic rings. The fourth-order valence-electron chi connectivity index (χ4n) is 4.73. The SMILES string of the molecule is COc1cc(OCc2cccc(N(C)C(=O)c3cc(C)cc(C(F)(F)F)c3)c2)c2cc(-c3cn4nc(OC)sc4n3)oc2c1. The average Bonchev–Trinajstić information content (AvgIpc) is 3.71. The second-order valence-electron chi connectivity index (χ2n) is 9.98. The van der Waals surface area contributed by atoms with Crippen molar-refractivity contribution < 1.29 is 36.6 Å². The van der Waals surface area contributed by atoms with Crippen LogP contribution in [-0.2, 0) is 12.8 Å². The van der Waals surface area contributed by atoms with Crippen LogP contribution in [0.15, 0.2) is 71.3 Å². The van der Waals surface area contributed by atoms with Gasteiger partial charge in [-0.15, -0.1) is 5.10 Å². The minimum atomic E-state index is -4.56. The molecule has 0 aliphatic rings. The van der Waals surface area contributed by atoms with Gasteiger partial charge < -0.3 is 23.5 Å². The standard InChI is InChI=1S/C31H25F3N4O5S/c1-17-8-19(11-20(9-17)31(32,33)34)28(39)37(2)21-7-5-6-18(10-21)16-42-25-12-22(40-3)13-26-23(25)14-27(43-26)24-15-38-29(35-24)44-30(36-38)41-4/h5-15H,16H2,1-4H3. The molecule has 3 aromatic heterocycles. The summed E-state index contributed by atoms with van der Waals surface area (Å²) >= 11 is 1.30. The molecule has 3 heterocycles. The van der Waals surface area contributed by atoms with Crippen LogP contribution in [0.5, 0.6) is 16.7 Å². The summed E-state index contributed by atoms with van der Waals surface area (Å²) in [7, 11) is 4.60. The number of alkyl halides is 3. The van der Waals surface area contributed by atoms with Gasteiger partial charge >= 0.3 is 6.18 Å². The van der Waals surface area contributed by atoms with Gasteiger partial charge in [0.1, 0.15) is 29.4 Å². The maximum atomic E-state index is 13.3. The average molecular weight is 623 g/mol. The zero-order chi connectivity index (χ0) is 31.2. The van der Waals surface area contributed by atoms with Crippen LogP contribution in [0.25, 0.3) is 27.4 Å². The lowest BCUT2D eigenvalue weighted by molar-refractivity contribution is -0.137. The third-order valence-corrected chi connectivity index (χ3v) is 7.79. The molecular formula is C31H25F3N4O5S. The molecule has 0 aliphatic heterocycles. The predicted molar refractivity (Wildman–Crippen MR) is 159 cm³/mol. The first-order valence-electron chi connectivity index (χ1n) is 13.2. The van der Waals surface area contributed by atoms with Crippen molar-refractivity contribution in [3.63, 3.8) is 0 Å². The van der Waals surface area contributed by atoms with Gasteiger partial charge in [0.05, 0.1) is 31.4 Å². The number of rotatable bonds is 8. The number of methoxy groups -OCH3 is 2. The lowest BCUT2D eigenvalue weighted by Gasteiger charge is -2.19. The summed E-state index contributed by atoms with van der Waals surface area (Å²) in [5.41, 5.74) is 1.77. The van der Waals surface area contributed by atoms with Gasteiger partial charge in [-0.25, -0.2) is 9.50 Å². The van der Waals surface area contributed by atoms with Crippen molar-refractivity contribution in [3.05, 3.63) is 89.1 Å². The van der Waals surface area contributed by atoms with Crippen LogP contribution >= 0.6 is 11.3 Å². The van der Waals surface area contributed by atoms with E-state index in [1.54, 1.807) is 55.3 Å². The highest BCUT2D eigenvalue weighted by atomic mass is 32.1. The second kappa shape index (κ2) is 11.2. The minimum absolute atomic E-state index is 0.0523. The second-order valence-corrected chi connectivity index (χ2v) is 10.9. The van der Waals surface area contributed by atoms with Gasteiger partial charge in [-0.3, -0.25) is 4.79 Å². The Balaban J connectivity index is 1.24. The Labute approximate surface area is 253 Å². The Morgan fingerprint density at radius 1 is 1.07 bits per heavy atom. The predicted octanol–water partition coefficient (Wildman–Crippen LogP) is 7.40. The zero-order valence-electron chi connectivity index (χ0n) is 23.9. The molecule has 0 aliphatic carbocycles. The number of nitrogens with zero attached hydrogens (tertiary/aromatic N) is 4. The van der Waals surface area contributed by atoms with Gasteiger partial charge in [0.15, 0.2) is 5.76 Å². The lowest BCUT2D eigenvalue weighted by atomic mass is 10.0. The molecule has 0 unspecified atom stereocenters. The number of furan rings is 1. The third kappa shape index (κ3) is 5.65. The Kier molecular flexibility index (Phi) is 7.41. The Hall–Kier alpha value is -5.04. The van der Waals surface area contributed by atoms with Crippen molar-refractivity contribution in [3.8, 4) is 28.1 Å². The van der Waals surface area contributed by atoms with Gasteiger partial charge in [0, 0.05) is 30.4 Å². The van der Waals surface area contributed by atoms with Crippen molar-refractivity contribution in [2.75, 3.05) is 26.2 Å². The number of carbonyl (C=O) groups excluding carboxylic acids is 1. The van der Waals surface area contributed by atoms with Crippen molar-refractivity contribution in [2.45, 2.75) is 19.7 Å². The molecule has 13 heteroatoms. The normalized spacial score (nSPS) is 11.7. The molecule has 0 fully saturated rings. The molecular weight excluding hydrogens is 597 g/mol. The summed E-state index contributed by atoms with van der Waals surface area (Å²) in [6.45, 7) is 1.65.